The Balaban J connectivity index is 2.23. The van der Waals surface area contributed by atoms with Crippen molar-refractivity contribution in [1.29, 1.82) is 0 Å². The van der Waals surface area contributed by atoms with Gasteiger partial charge in [0.05, 0.1) is 10.9 Å². The number of phenolic OH excluding ortho intramolecular Hbond substituents is 1. The molecule has 1 amide bonds. The zero-order valence-electron chi connectivity index (χ0n) is 10.7. The number of halogens is 2. The van der Waals surface area contributed by atoms with Crippen LogP contribution in [0, 0.1) is 0 Å². The van der Waals surface area contributed by atoms with Gasteiger partial charge in [-0.3, -0.25) is 4.79 Å². The number of rotatable bonds is 3. The average molecular weight is 310 g/mol. The van der Waals surface area contributed by atoms with Gasteiger partial charge in [-0.1, -0.05) is 23.7 Å². The van der Waals surface area contributed by atoms with Crippen molar-refractivity contribution in [3.8, 4) is 5.75 Å². The van der Waals surface area contributed by atoms with E-state index < -0.39 is 5.91 Å². The minimum atomic E-state index is -0.427. The number of phenols is 1. The number of alkyl halides is 1. The number of anilines is 1. The molecular weight excluding hydrogens is 297 g/mol. The van der Waals surface area contributed by atoms with Gasteiger partial charge in [0, 0.05) is 10.7 Å². The topological polar surface area (TPSA) is 49.3 Å². The monoisotopic (exact) mass is 309 g/mol. The second-order valence-electron chi connectivity index (χ2n) is 4.36. The summed E-state index contributed by atoms with van der Waals surface area (Å²) in [5.41, 5.74) is 1.64. The highest BCUT2D eigenvalue weighted by Gasteiger charge is 2.12. The van der Waals surface area contributed by atoms with Crippen molar-refractivity contribution in [3.05, 3.63) is 58.6 Å². The van der Waals surface area contributed by atoms with E-state index in [0.29, 0.717) is 10.7 Å². The Morgan fingerprint density at radius 1 is 1.25 bits per heavy atom. The minimum Gasteiger partial charge on any atom is -0.507 e. The third-order valence-corrected chi connectivity index (χ3v) is 3.29. The zero-order chi connectivity index (χ0) is 14.7. The lowest BCUT2D eigenvalue weighted by Crippen LogP contribution is -2.12. The summed E-state index contributed by atoms with van der Waals surface area (Å²) < 4.78 is 0. The first kappa shape index (κ1) is 14.7. The van der Waals surface area contributed by atoms with Crippen LogP contribution in [0.25, 0.3) is 0 Å². The molecular formula is C15H13Cl2NO2. The lowest BCUT2D eigenvalue weighted by Gasteiger charge is -2.09. The van der Waals surface area contributed by atoms with Gasteiger partial charge >= 0.3 is 0 Å². The van der Waals surface area contributed by atoms with E-state index in [1.54, 1.807) is 12.1 Å². The molecule has 2 N–H and O–H groups in total. The summed E-state index contributed by atoms with van der Waals surface area (Å²) in [6.45, 7) is 1.85. The third kappa shape index (κ3) is 3.44. The summed E-state index contributed by atoms with van der Waals surface area (Å²) in [7, 11) is 0. The molecule has 0 heterocycles. The van der Waals surface area contributed by atoms with Gasteiger partial charge in [-0.2, -0.15) is 0 Å². The molecule has 2 rings (SSSR count). The number of hydrogen-bond donors (Lipinski definition) is 2. The fourth-order valence-electron chi connectivity index (χ4n) is 1.75. The summed E-state index contributed by atoms with van der Waals surface area (Å²) >= 11 is 11.8. The van der Waals surface area contributed by atoms with E-state index in [1.165, 1.54) is 18.2 Å². The molecule has 2 aromatic carbocycles. The SMILES string of the molecule is CC(Cl)c1cccc(NC(=O)c2cc(Cl)ccc2O)c1. The van der Waals surface area contributed by atoms with E-state index in [4.69, 9.17) is 23.2 Å². The molecule has 1 atom stereocenters. The summed E-state index contributed by atoms with van der Waals surface area (Å²) in [4.78, 5) is 12.1. The lowest BCUT2D eigenvalue weighted by atomic mass is 10.1. The zero-order valence-corrected chi connectivity index (χ0v) is 12.2. The third-order valence-electron chi connectivity index (χ3n) is 2.81. The molecule has 0 aromatic heterocycles. The van der Waals surface area contributed by atoms with Gasteiger partial charge in [0.25, 0.3) is 5.91 Å². The molecule has 0 aliphatic rings. The molecule has 3 nitrogen and oxygen atoms in total. The van der Waals surface area contributed by atoms with E-state index in [0.717, 1.165) is 5.56 Å². The number of benzene rings is 2. The summed E-state index contributed by atoms with van der Waals surface area (Å²) in [5.74, 6) is -0.543. The molecule has 0 bridgehead atoms. The van der Waals surface area contributed by atoms with Gasteiger partial charge in [-0.15, -0.1) is 11.6 Å². The Bertz CT molecular complexity index is 642. The van der Waals surface area contributed by atoms with Crippen molar-refractivity contribution in [3.63, 3.8) is 0 Å². The Morgan fingerprint density at radius 2 is 2.00 bits per heavy atom. The highest BCUT2D eigenvalue weighted by atomic mass is 35.5. The van der Waals surface area contributed by atoms with E-state index >= 15 is 0 Å². The van der Waals surface area contributed by atoms with Gasteiger partial charge in [0.15, 0.2) is 0 Å². The number of amides is 1. The van der Waals surface area contributed by atoms with E-state index in [9.17, 15) is 9.90 Å². The Kier molecular flexibility index (Phi) is 4.53. The van der Waals surface area contributed by atoms with Gasteiger partial charge in [0.1, 0.15) is 5.75 Å². The maximum absolute atomic E-state index is 12.1. The maximum atomic E-state index is 12.1. The van der Waals surface area contributed by atoms with Crippen LogP contribution in [0.3, 0.4) is 0 Å². The Labute approximate surface area is 127 Å². The molecule has 104 valence electrons. The van der Waals surface area contributed by atoms with E-state index in [2.05, 4.69) is 5.32 Å². The molecule has 0 fully saturated rings. The van der Waals surface area contributed by atoms with Crippen LogP contribution in [-0.2, 0) is 0 Å². The minimum absolute atomic E-state index is 0.117. The second-order valence-corrected chi connectivity index (χ2v) is 5.45. The standard InChI is InChI=1S/C15H13Cl2NO2/c1-9(16)10-3-2-4-12(7-10)18-15(20)13-8-11(17)5-6-14(13)19/h2-9,19H,1H3,(H,18,20). The Hall–Kier alpha value is -1.71. The highest BCUT2D eigenvalue weighted by Crippen LogP contribution is 2.25. The summed E-state index contributed by atoms with van der Waals surface area (Å²) in [6, 6.07) is 11.5. The predicted molar refractivity (Wildman–Crippen MR) is 81.8 cm³/mol. The average Bonchev–Trinajstić information content (AvgIpc) is 2.41. The van der Waals surface area contributed by atoms with Gasteiger partial charge < -0.3 is 10.4 Å². The van der Waals surface area contributed by atoms with Crippen molar-refractivity contribution < 1.29 is 9.90 Å². The molecule has 20 heavy (non-hydrogen) atoms. The fourth-order valence-corrected chi connectivity index (χ4v) is 2.06. The van der Waals surface area contributed by atoms with Crippen LogP contribution in [0.15, 0.2) is 42.5 Å². The fraction of sp³-hybridized carbons (Fsp3) is 0.133. The van der Waals surface area contributed by atoms with Crippen LogP contribution in [-0.4, -0.2) is 11.0 Å². The normalized spacial score (nSPS) is 11.9. The van der Waals surface area contributed by atoms with Crippen LogP contribution in [0.2, 0.25) is 5.02 Å². The van der Waals surface area contributed by atoms with Crippen LogP contribution < -0.4 is 5.32 Å². The summed E-state index contributed by atoms with van der Waals surface area (Å²) in [5, 5.41) is 12.6. The molecule has 0 aliphatic heterocycles. The molecule has 1 unspecified atom stereocenters. The highest BCUT2D eigenvalue weighted by molar-refractivity contribution is 6.31. The lowest BCUT2D eigenvalue weighted by molar-refractivity contribution is 0.102. The first-order valence-electron chi connectivity index (χ1n) is 6.01. The van der Waals surface area contributed by atoms with Crippen LogP contribution in [0.1, 0.15) is 28.2 Å². The first-order chi connectivity index (χ1) is 9.47. The number of aromatic hydroxyl groups is 1. The van der Waals surface area contributed by atoms with Crippen molar-refractivity contribution in [1.82, 2.24) is 0 Å². The Morgan fingerprint density at radius 3 is 2.70 bits per heavy atom. The first-order valence-corrected chi connectivity index (χ1v) is 6.82. The van der Waals surface area contributed by atoms with E-state index in [1.807, 2.05) is 19.1 Å². The second kappa shape index (κ2) is 6.16. The van der Waals surface area contributed by atoms with Gasteiger partial charge in [0.2, 0.25) is 0 Å². The molecule has 2 aromatic rings. The molecule has 0 spiro atoms. The van der Waals surface area contributed by atoms with Gasteiger partial charge in [-0.05, 0) is 42.8 Å². The van der Waals surface area contributed by atoms with Crippen molar-refractivity contribution in [2.24, 2.45) is 0 Å². The van der Waals surface area contributed by atoms with Crippen molar-refractivity contribution in [2.75, 3.05) is 5.32 Å². The van der Waals surface area contributed by atoms with Gasteiger partial charge in [-0.25, -0.2) is 0 Å². The molecule has 0 saturated carbocycles. The molecule has 0 radical (unpaired) electrons. The van der Waals surface area contributed by atoms with Crippen LogP contribution >= 0.6 is 23.2 Å². The van der Waals surface area contributed by atoms with Crippen LogP contribution in [0.4, 0.5) is 5.69 Å². The van der Waals surface area contributed by atoms with Crippen molar-refractivity contribution in [2.45, 2.75) is 12.3 Å². The maximum Gasteiger partial charge on any atom is 0.259 e. The number of carbonyl (C=O) groups excluding carboxylic acids is 1. The van der Waals surface area contributed by atoms with Crippen molar-refractivity contribution >= 4 is 34.8 Å². The number of nitrogens with one attached hydrogen (secondary N) is 1. The molecule has 0 aliphatic carbocycles. The molecule has 0 saturated heterocycles. The largest absolute Gasteiger partial charge is 0.507 e. The smallest absolute Gasteiger partial charge is 0.259 e. The van der Waals surface area contributed by atoms with Crippen LogP contribution in [0.5, 0.6) is 5.75 Å². The summed E-state index contributed by atoms with van der Waals surface area (Å²) in [6.07, 6.45) is 0. The predicted octanol–water partition coefficient (Wildman–Crippen LogP) is 4.60. The number of hydrogen-bond acceptors (Lipinski definition) is 2. The van der Waals surface area contributed by atoms with E-state index in [-0.39, 0.29) is 16.7 Å². The quantitative estimate of drug-likeness (QED) is 0.814. The molecule has 5 heteroatoms. The number of carbonyl (C=O) groups is 1.